The molecule has 2 aromatic carbocycles. The number of fused-ring (bicyclic) bond motifs is 1. The Kier molecular flexibility index (Phi) is 7.50. The van der Waals surface area contributed by atoms with Crippen molar-refractivity contribution < 1.29 is 31.1 Å². The van der Waals surface area contributed by atoms with Gasteiger partial charge in [-0.1, -0.05) is 12.1 Å². The largest absolute Gasteiger partial charge is 0.492 e. The molecule has 1 N–H and O–H groups in total. The number of rotatable bonds is 9. The normalized spacial score (nSPS) is 16.1. The molecule has 1 amide bonds. The van der Waals surface area contributed by atoms with Crippen LogP contribution in [-0.2, 0) is 24.8 Å². The molecule has 1 unspecified atom stereocenters. The number of ether oxygens (including phenoxy) is 2. The van der Waals surface area contributed by atoms with Gasteiger partial charge in [-0.05, 0) is 43.3 Å². The van der Waals surface area contributed by atoms with Crippen LogP contribution in [0.15, 0.2) is 53.4 Å². The summed E-state index contributed by atoms with van der Waals surface area (Å²) in [5, 5.41) is 2.68. The van der Waals surface area contributed by atoms with E-state index in [-0.39, 0.29) is 30.3 Å². The van der Waals surface area contributed by atoms with Gasteiger partial charge in [-0.25, -0.2) is 21.1 Å². The lowest BCUT2D eigenvalue weighted by Crippen LogP contribution is -2.51. The Balaban J connectivity index is 1.56. The molecule has 0 spiro atoms. The molecule has 1 heterocycles. The first-order valence-corrected chi connectivity index (χ1v) is 13.3. The Labute approximate surface area is 194 Å². The number of nitrogens with zero attached hydrogens (tertiary/aromatic N) is 2. The average Bonchev–Trinajstić information content (AvgIpc) is 2.81. The molecule has 1 aliphatic heterocycles. The molecule has 3 rings (SSSR count). The minimum atomic E-state index is -3.58. The van der Waals surface area contributed by atoms with Crippen LogP contribution in [0.1, 0.15) is 6.92 Å². The van der Waals surface area contributed by atoms with Gasteiger partial charge in [0.2, 0.25) is 20.0 Å². The summed E-state index contributed by atoms with van der Waals surface area (Å²) in [6, 6.07) is 12.6. The summed E-state index contributed by atoms with van der Waals surface area (Å²) in [5.74, 6) is 0.213. The zero-order chi connectivity index (χ0) is 24.2. The van der Waals surface area contributed by atoms with Crippen LogP contribution in [0.5, 0.6) is 11.5 Å². The maximum absolute atomic E-state index is 12.6. The van der Waals surface area contributed by atoms with E-state index in [1.807, 2.05) is 0 Å². The van der Waals surface area contributed by atoms with Crippen molar-refractivity contribution in [3.63, 3.8) is 0 Å². The highest BCUT2D eigenvalue weighted by atomic mass is 32.2. The zero-order valence-corrected chi connectivity index (χ0v) is 20.2. The van der Waals surface area contributed by atoms with Crippen molar-refractivity contribution in [3.8, 4) is 11.5 Å². The van der Waals surface area contributed by atoms with Crippen molar-refractivity contribution in [3.05, 3.63) is 48.5 Å². The molecule has 0 fully saturated rings. The molecular weight excluding hydrogens is 470 g/mol. The van der Waals surface area contributed by atoms with Crippen LogP contribution >= 0.6 is 0 Å². The number of carbonyl (C=O) groups is 1. The fourth-order valence-corrected chi connectivity index (χ4v) is 5.16. The molecule has 0 aliphatic carbocycles. The second-order valence-electron chi connectivity index (χ2n) is 7.40. The van der Waals surface area contributed by atoms with E-state index in [0.29, 0.717) is 17.2 Å². The summed E-state index contributed by atoms with van der Waals surface area (Å²) < 4.78 is 62.8. The molecule has 12 heteroatoms. The fraction of sp³-hybridized carbons (Fsp3) is 0.381. The molecule has 0 saturated heterocycles. The standard InChI is InChI=1S/C21H27N3O7S2/c1-4-32(26,27)24-15-20(31-19-8-6-5-7-18(19)24)21(25)22-13-14-30-16-9-11-17(12-10-16)33(28,29)23(2)3/h5-12,20H,4,13-15H2,1-3H3,(H,22,25). The van der Waals surface area contributed by atoms with Crippen molar-refractivity contribution in [1.29, 1.82) is 0 Å². The van der Waals surface area contributed by atoms with Crippen LogP contribution in [0.2, 0.25) is 0 Å². The third-order valence-electron chi connectivity index (χ3n) is 5.00. The first-order valence-electron chi connectivity index (χ1n) is 10.3. The van der Waals surface area contributed by atoms with Crippen molar-refractivity contribution in [2.24, 2.45) is 0 Å². The van der Waals surface area contributed by atoms with Crippen molar-refractivity contribution in [1.82, 2.24) is 9.62 Å². The molecule has 0 aromatic heterocycles. The van der Waals surface area contributed by atoms with Crippen LogP contribution in [0.3, 0.4) is 0 Å². The molecule has 0 saturated carbocycles. The van der Waals surface area contributed by atoms with E-state index in [1.54, 1.807) is 31.2 Å². The van der Waals surface area contributed by atoms with Gasteiger partial charge in [-0.3, -0.25) is 9.10 Å². The number of anilines is 1. The quantitative estimate of drug-likeness (QED) is 0.514. The lowest BCUT2D eigenvalue weighted by molar-refractivity contribution is -0.127. The smallest absolute Gasteiger partial charge is 0.263 e. The van der Waals surface area contributed by atoms with E-state index in [2.05, 4.69) is 5.32 Å². The fourth-order valence-electron chi connectivity index (χ4n) is 3.13. The summed E-state index contributed by atoms with van der Waals surface area (Å²) >= 11 is 0. The molecule has 0 bridgehead atoms. The highest BCUT2D eigenvalue weighted by Gasteiger charge is 2.35. The van der Waals surface area contributed by atoms with E-state index in [9.17, 15) is 21.6 Å². The molecule has 2 aromatic rings. The van der Waals surface area contributed by atoms with Gasteiger partial charge in [0.25, 0.3) is 5.91 Å². The Morgan fingerprint density at radius 3 is 2.42 bits per heavy atom. The molecule has 180 valence electrons. The second-order valence-corrected chi connectivity index (χ2v) is 11.7. The van der Waals surface area contributed by atoms with Gasteiger partial charge in [-0.2, -0.15) is 0 Å². The molecule has 1 aliphatic rings. The van der Waals surface area contributed by atoms with Crippen LogP contribution in [-0.4, -0.2) is 72.7 Å². The van der Waals surface area contributed by atoms with Gasteiger partial charge < -0.3 is 14.8 Å². The number of sulfonamides is 2. The number of amides is 1. The molecule has 10 nitrogen and oxygen atoms in total. The number of hydrogen-bond acceptors (Lipinski definition) is 7. The molecular formula is C21H27N3O7S2. The van der Waals surface area contributed by atoms with Crippen LogP contribution in [0.4, 0.5) is 5.69 Å². The second kappa shape index (κ2) is 9.98. The van der Waals surface area contributed by atoms with Crippen LogP contribution in [0, 0.1) is 0 Å². The summed E-state index contributed by atoms with van der Waals surface area (Å²) in [7, 11) is -4.20. The Morgan fingerprint density at radius 1 is 1.12 bits per heavy atom. The Bertz CT molecular complexity index is 1200. The van der Waals surface area contributed by atoms with E-state index in [0.717, 1.165) is 4.31 Å². The first kappa shape index (κ1) is 24.8. The number of nitrogens with one attached hydrogen (secondary N) is 1. The van der Waals surface area contributed by atoms with Gasteiger partial charge in [0.05, 0.1) is 29.4 Å². The van der Waals surface area contributed by atoms with E-state index in [1.165, 1.54) is 42.7 Å². The lowest BCUT2D eigenvalue weighted by Gasteiger charge is -2.34. The van der Waals surface area contributed by atoms with Crippen LogP contribution < -0.4 is 19.1 Å². The summed E-state index contributed by atoms with van der Waals surface area (Å²) in [4.78, 5) is 12.8. The number of benzene rings is 2. The summed E-state index contributed by atoms with van der Waals surface area (Å²) in [6.07, 6.45) is -1.00. The predicted octanol–water partition coefficient (Wildman–Crippen LogP) is 1.05. The molecule has 33 heavy (non-hydrogen) atoms. The van der Waals surface area contributed by atoms with Gasteiger partial charge in [0.1, 0.15) is 18.1 Å². The third-order valence-corrected chi connectivity index (χ3v) is 8.58. The van der Waals surface area contributed by atoms with Gasteiger partial charge >= 0.3 is 0 Å². The van der Waals surface area contributed by atoms with Crippen molar-refractivity contribution in [2.75, 3.05) is 43.8 Å². The Morgan fingerprint density at radius 2 is 1.79 bits per heavy atom. The van der Waals surface area contributed by atoms with Crippen molar-refractivity contribution >= 4 is 31.6 Å². The maximum atomic E-state index is 12.6. The monoisotopic (exact) mass is 497 g/mol. The lowest BCUT2D eigenvalue weighted by atomic mass is 10.2. The van der Waals surface area contributed by atoms with E-state index >= 15 is 0 Å². The molecule has 0 radical (unpaired) electrons. The van der Waals surface area contributed by atoms with Crippen LogP contribution in [0.25, 0.3) is 0 Å². The highest BCUT2D eigenvalue weighted by Crippen LogP contribution is 2.35. The first-order chi connectivity index (χ1) is 15.6. The molecule has 1 atom stereocenters. The number of para-hydroxylation sites is 2. The highest BCUT2D eigenvalue weighted by molar-refractivity contribution is 7.92. The summed E-state index contributed by atoms with van der Waals surface area (Å²) in [6.45, 7) is 1.70. The van der Waals surface area contributed by atoms with Gasteiger partial charge in [0, 0.05) is 14.1 Å². The van der Waals surface area contributed by atoms with E-state index < -0.39 is 32.1 Å². The van der Waals surface area contributed by atoms with E-state index in [4.69, 9.17) is 9.47 Å². The minimum Gasteiger partial charge on any atom is -0.492 e. The van der Waals surface area contributed by atoms with Crippen molar-refractivity contribution in [2.45, 2.75) is 17.9 Å². The predicted molar refractivity (Wildman–Crippen MR) is 123 cm³/mol. The third kappa shape index (κ3) is 5.57. The average molecular weight is 498 g/mol. The zero-order valence-electron chi connectivity index (χ0n) is 18.6. The topological polar surface area (TPSA) is 122 Å². The number of carbonyl (C=O) groups excluding carboxylic acids is 1. The summed E-state index contributed by atoms with van der Waals surface area (Å²) in [5.41, 5.74) is 0.409. The minimum absolute atomic E-state index is 0.0991. The maximum Gasteiger partial charge on any atom is 0.263 e. The van der Waals surface area contributed by atoms with Gasteiger partial charge in [-0.15, -0.1) is 0 Å². The Hall–Kier alpha value is -2.83. The van der Waals surface area contributed by atoms with Gasteiger partial charge in [0.15, 0.2) is 6.10 Å². The number of hydrogen-bond donors (Lipinski definition) is 1. The SMILES string of the molecule is CCS(=O)(=O)N1CC(C(=O)NCCOc2ccc(S(=O)(=O)N(C)C)cc2)Oc2ccccc21.